The number of hydrogen-bond donors (Lipinski definition) is 1. The van der Waals surface area contributed by atoms with Crippen LogP contribution in [0.15, 0.2) is 42.5 Å². The van der Waals surface area contributed by atoms with Gasteiger partial charge < -0.3 is 10.5 Å². The number of aryl methyl sites for hydroxylation is 2. The van der Waals surface area contributed by atoms with Gasteiger partial charge in [0.2, 0.25) is 0 Å². The highest BCUT2D eigenvalue weighted by molar-refractivity contribution is 7.19. The fraction of sp³-hybridized carbons (Fsp3) is 0.222. The van der Waals surface area contributed by atoms with Gasteiger partial charge in [-0.3, -0.25) is 0 Å². The van der Waals surface area contributed by atoms with E-state index in [1.54, 1.807) is 11.3 Å². The molecule has 0 aliphatic carbocycles. The molecule has 1 aromatic heterocycles. The monoisotopic (exact) mass is 297 g/mol. The molecule has 0 fully saturated rings. The van der Waals surface area contributed by atoms with Crippen LogP contribution in [0.3, 0.4) is 0 Å². The van der Waals surface area contributed by atoms with E-state index in [2.05, 4.69) is 50.2 Å². The second kappa shape index (κ2) is 5.88. The highest BCUT2D eigenvalue weighted by Gasteiger charge is 2.11. The van der Waals surface area contributed by atoms with E-state index in [9.17, 15) is 0 Å². The number of rotatable bonds is 4. The molecule has 2 nitrogen and oxygen atoms in total. The van der Waals surface area contributed by atoms with Crippen molar-refractivity contribution in [3.8, 4) is 5.75 Å². The molecule has 0 spiro atoms. The van der Waals surface area contributed by atoms with E-state index in [0.29, 0.717) is 13.2 Å². The Morgan fingerprint density at radius 1 is 1.10 bits per heavy atom. The summed E-state index contributed by atoms with van der Waals surface area (Å²) in [5, 5.41) is 1.26. The predicted octanol–water partition coefficient (Wildman–Crippen LogP) is 4.56. The molecule has 0 amide bonds. The third kappa shape index (κ3) is 2.80. The molecule has 3 heteroatoms. The van der Waals surface area contributed by atoms with Crippen molar-refractivity contribution < 1.29 is 4.74 Å². The van der Waals surface area contributed by atoms with Crippen LogP contribution in [0.1, 0.15) is 21.6 Å². The summed E-state index contributed by atoms with van der Waals surface area (Å²) >= 11 is 1.76. The Kier molecular flexibility index (Phi) is 3.95. The zero-order valence-electron chi connectivity index (χ0n) is 12.3. The maximum absolute atomic E-state index is 6.04. The first-order valence-corrected chi connectivity index (χ1v) is 7.90. The topological polar surface area (TPSA) is 35.2 Å². The zero-order valence-corrected chi connectivity index (χ0v) is 13.2. The van der Waals surface area contributed by atoms with Gasteiger partial charge in [-0.1, -0.05) is 35.9 Å². The summed E-state index contributed by atoms with van der Waals surface area (Å²) in [6.45, 7) is 5.30. The highest BCUT2D eigenvalue weighted by Crippen LogP contribution is 2.32. The van der Waals surface area contributed by atoms with E-state index in [1.807, 2.05) is 6.07 Å². The van der Waals surface area contributed by atoms with Crippen LogP contribution in [0.2, 0.25) is 0 Å². The van der Waals surface area contributed by atoms with Gasteiger partial charge in [0.1, 0.15) is 12.4 Å². The second-order valence-electron chi connectivity index (χ2n) is 5.26. The van der Waals surface area contributed by atoms with Crippen LogP contribution in [0.25, 0.3) is 10.1 Å². The lowest BCUT2D eigenvalue weighted by Crippen LogP contribution is -2.02. The lowest BCUT2D eigenvalue weighted by molar-refractivity contribution is 0.305. The first-order valence-electron chi connectivity index (χ1n) is 7.08. The molecule has 0 saturated carbocycles. The number of hydrogen-bond acceptors (Lipinski definition) is 3. The summed E-state index contributed by atoms with van der Waals surface area (Å²) in [6, 6.07) is 14.7. The van der Waals surface area contributed by atoms with Crippen molar-refractivity contribution in [1.29, 1.82) is 0 Å². The van der Waals surface area contributed by atoms with Crippen molar-refractivity contribution in [2.75, 3.05) is 0 Å². The van der Waals surface area contributed by atoms with Crippen molar-refractivity contribution in [3.05, 3.63) is 64.0 Å². The molecule has 2 N–H and O–H groups in total. The first kappa shape index (κ1) is 14.1. The molecule has 0 radical (unpaired) electrons. The zero-order chi connectivity index (χ0) is 14.8. The fourth-order valence-electron chi connectivity index (χ4n) is 2.58. The molecule has 0 atom stereocenters. The molecule has 3 aromatic rings. The van der Waals surface area contributed by atoms with E-state index in [1.165, 1.54) is 31.7 Å². The van der Waals surface area contributed by atoms with Crippen LogP contribution in [0.4, 0.5) is 0 Å². The van der Waals surface area contributed by atoms with Gasteiger partial charge in [-0.05, 0) is 36.9 Å². The summed E-state index contributed by atoms with van der Waals surface area (Å²) in [5.74, 6) is 0.943. The molecular weight excluding hydrogens is 278 g/mol. The van der Waals surface area contributed by atoms with Gasteiger partial charge in [0.05, 0.1) is 0 Å². The number of thiophene rings is 1. The summed E-state index contributed by atoms with van der Waals surface area (Å²) < 4.78 is 7.31. The van der Waals surface area contributed by atoms with Gasteiger partial charge in [-0.15, -0.1) is 11.3 Å². The van der Waals surface area contributed by atoms with E-state index < -0.39 is 0 Å². The Bertz CT molecular complexity index is 776. The van der Waals surface area contributed by atoms with Crippen LogP contribution in [0, 0.1) is 13.8 Å². The van der Waals surface area contributed by atoms with Crippen LogP contribution >= 0.6 is 11.3 Å². The van der Waals surface area contributed by atoms with Crippen LogP contribution in [0.5, 0.6) is 5.75 Å². The van der Waals surface area contributed by atoms with Crippen molar-refractivity contribution in [1.82, 2.24) is 0 Å². The second-order valence-corrected chi connectivity index (χ2v) is 6.40. The standard InChI is InChI=1S/C18H19NOS/c1-12-7-8-16(13(2)9-12)20-11-15-14-5-3-4-6-17(14)21-18(15)10-19/h3-9H,10-11,19H2,1-2H3. The third-order valence-corrected chi connectivity index (χ3v) is 4.91. The Morgan fingerprint density at radius 2 is 1.90 bits per heavy atom. The van der Waals surface area contributed by atoms with Crippen LogP contribution in [-0.2, 0) is 13.2 Å². The van der Waals surface area contributed by atoms with Crippen molar-refractivity contribution in [2.45, 2.75) is 27.0 Å². The molecule has 108 valence electrons. The molecule has 0 aliphatic rings. The number of ether oxygens (including phenoxy) is 1. The average molecular weight is 297 g/mol. The molecule has 21 heavy (non-hydrogen) atoms. The molecule has 3 rings (SSSR count). The minimum Gasteiger partial charge on any atom is -0.489 e. The van der Waals surface area contributed by atoms with Gasteiger partial charge in [-0.2, -0.15) is 0 Å². The van der Waals surface area contributed by atoms with E-state index in [-0.39, 0.29) is 0 Å². The quantitative estimate of drug-likeness (QED) is 0.766. The maximum Gasteiger partial charge on any atom is 0.122 e. The molecule has 0 unspecified atom stereocenters. The largest absolute Gasteiger partial charge is 0.489 e. The smallest absolute Gasteiger partial charge is 0.122 e. The fourth-order valence-corrected chi connectivity index (χ4v) is 3.67. The number of fused-ring (bicyclic) bond motifs is 1. The first-order chi connectivity index (χ1) is 10.2. The van der Waals surface area contributed by atoms with Crippen LogP contribution < -0.4 is 10.5 Å². The molecule has 0 aliphatic heterocycles. The SMILES string of the molecule is Cc1ccc(OCc2c(CN)sc3ccccc23)c(C)c1. The minimum absolute atomic E-state index is 0.560. The Labute approximate surface area is 129 Å². The lowest BCUT2D eigenvalue weighted by atomic mass is 10.1. The summed E-state index contributed by atoms with van der Waals surface area (Å²) in [5.41, 5.74) is 9.53. The van der Waals surface area contributed by atoms with Gasteiger partial charge >= 0.3 is 0 Å². The highest BCUT2D eigenvalue weighted by atomic mass is 32.1. The van der Waals surface area contributed by atoms with Gasteiger partial charge in [-0.25, -0.2) is 0 Å². The Balaban J connectivity index is 1.91. The van der Waals surface area contributed by atoms with Crippen molar-refractivity contribution in [3.63, 3.8) is 0 Å². The minimum atomic E-state index is 0.560. The lowest BCUT2D eigenvalue weighted by Gasteiger charge is -2.10. The predicted molar refractivity (Wildman–Crippen MR) is 90.0 cm³/mol. The van der Waals surface area contributed by atoms with E-state index >= 15 is 0 Å². The van der Waals surface area contributed by atoms with Crippen LogP contribution in [-0.4, -0.2) is 0 Å². The van der Waals surface area contributed by atoms with Crippen molar-refractivity contribution >= 4 is 21.4 Å². The maximum atomic E-state index is 6.04. The summed E-state index contributed by atoms with van der Waals surface area (Å²) in [6.07, 6.45) is 0. The normalized spacial score (nSPS) is 11.0. The molecule has 0 saturated heterocycles. The molecular formula is C18H19NOS. The summed E-state index contributed by atoms with van der Waals surface area (Å²) in [4.78, 5) is 1.21. The Hall–Kier alpha value is -1.84. The van der Waals surface area contributed by atoms with Gasteiger partial charge in [0.15, 0.2) is 0 Å². The van der Waals surface area contributed by atoms with E-state index in [4.69, 9.17) is 10.5 Å². The Morgan fingerprint density at radius 3 is 2.67 bits per heavy atom. The van der Waals surface area contributed by atoms with Gasteiger partial charge in [0.25, 0.3) is 0 Å². The number of nitrogens with two attached hydrogens (primary N) is 1. The molecule has 1 heterocycles. The van der Waals surface area contributed by atoms with E-state index in [0.717, 1.165) is 5.75 Å². The molecule has 0 bridgehead atoms. The van der Waals surface area contributed by atoms with Crippen molar-refractivity contribution in [2.24, 2.45) is 5.73 Å². The molecule has 2 aromatic carbocycles. The summed E-state index contributed by atoms with van der Waals surface area (Å²) in [7, 11) is 0. The van der Waals surface area contributed by atoms with Gasteiger partial charge in [0, 0.05) is 21.7 Å². The third-order valence-electron chi connectivity index (χ3n) is 3.67. The average Bonchev–Trinajstić information content (AvgIpc) is 2.84. The number of benzene rings is 2.